The molecule has 0 bridgehead atoms. The fourth-order valence-electron chi connectivity index (χ4n) is 1.01. The molecule has 1 aromatic carbocycles. The minimum atomic E-state index is -0.252. The van der Waals surface area contributed by atoms with Crippen molar-refractivity contribution >= 4 is 5.91 Å². The topological polar surface area (TPSA) is 48.0 Å². The van der Waals surface area contributed by atoms with Gasteiger partial charge in [-0.2, -0.15) is 0 Å². The third-order valence-corrected chi connectivity index (χ3v) is 2.05. The van der Waals surface area contributed by atoms with Crippen LogP contribution in [0.25, 0.3) is 0 Å². The second-order valence-corrected chi connectivity index (χ2v) is 3.04. The maximum Gasteiger partial charge on any atom is 0.283 e. The van der Waals surface area contributed by atoms with Crippen molar-refractivity contribution < 1.29 is 19.1 Å². The fourth-order valence-corrected chi connectivity index (χ4v) is 1.01. The van der Waals surface area contributed by atoms with E-state index in [1.165, 1.54) is 14.2 Å². The number of ether oxygens (including phenoxy) is 2. The van der Waals surface area contributed by atoms with E-state index in [2.05, 4.69) is 0 Å². The van der Waals surface area contributed by atoms with Gasteiger partial charge in [0, 0.05) is 7.05 Å². The molecule has 0 aliphatic heterocycles. The number of rotatable bonds is 5. The van der Waals surface area contributed by atoms with Gasteiger partial charge < -0.3 is 9.47 Å². The second-order valence-electron chi connectivity index (χ2n) is 3.04. The highest BCUT2D eigenvalue weighted by molar-refractivity contribution is 5.76. The van der Waals surface area contributed by atoms with Gasteiger partial charge in [-0.15, -0.1) is 0 Å². The zero-order valence-electron chi connectivity index (χ0n) is 9.60. The van der Waals surface area contributed by atoms with E-state index in [0.29, 0.717) is 5.75 Å². The monoisotopic (exact) mass is 225 g/mol. The maximum absolute atomic E-state index is 11.3. The molecule has 0 unspecified atom stereocenters. The summed E-state index contributed by atoms with van der Waals surface area (Å²) in [5, 5.41) is 1.11. The highest BCUT2D eigenvalue weighted by Gasteiger charge is 2.08. The Hall–Kier alpha value is -1.75. The summed E-state index contributed by atoms with van der Waals surface area (Å²) >= 11 is 0. The summed E-state index contributed by atoms with van der Waals surface area (Å²) in [5.41, 5.74) is 0. The Morgan fingerprint density at radius 1 is 1.19 bits per heavy atom. The van der Waals surface area contributed by atoms with Crippen LogP contribution in [-0.2, 0) is 9.63 Å². The Labute approximate surface area is 94.5 Å². The van der Waals surface area contributed by atoms with Crippen molar-refractivity contribution in [3.8, 4) is 11.5 Å². The zero-order chi connectivity index (χ0) is 12.0. The molecule has 88 valence electrons. The third-order valence-electron chi connectivity index (χ3n) is 2.05. The zero-order valence-corrected chi connectivity index (χ0v) is 9.60. The molecule has 1 amide bonds. The van der Waals surface area contributed by atoms with Gasteiger partial charge in [-0.25, -0.2) is 5.06 Å². The SMILES string of the molecule is COc1ccc(OCC(=O)N(C)OC)cc1. The van der Waals surface area contributed by atoms with E-state index in [-0.39, 0.29) is 12.5 Å². The van der Waals surface area contributed by atoms with E-state index in [4.69, 9.17) is 14.3 Å². The van der Waals surface area contributed by atoms with Crippen LogP contribution in [0.1, 0.15) is 0 Å². The number of carbonyl (C=O) groups excluding carboxylic acids is 1. The lowest BCUT2D eigenvalue weighted by Gasteiger charge is -2.14. The van der Waals surface area contributed by atoms with E-state index >= 15 is 0 Å². The molecule has 0 saturated carbocycles. The molecule has 0 radical (unpaired) electrons. The van der Waals surface area contributed by atoms with Crippen LogP contribution >= 0.6 is 0 Å². The van der Waals surface area contributed by atoms with Crippen molar-refractivity contribution in [2.45, 2.75) is 0 Å². The molecule has 0 aliphatic rings. The van der Waals surface area contributed by atoms with E-state index in [1.807, 2.05) is 0 Å². The Balaban J connectivity index is 2.45. The Morgan fingerprint density at radius 3 is 2.25 bits per heavy atom. The summed E-state index contributed by atoms with van der Waals surface area (Å²) in [6, 6.07) is 7.00. The van der Waals surface area contributed by atoms with E-state index in [0.717, 1.165) is 10.8 Å². The van der Waals surface area contributed by atoms with Gasteiger partial charge in [0.15, 0.2) is 6.61 Å². The van der Waals surface area contributed by atoms with Crippen molar-refractivity contribution in [3.63, 3.8) is 0 Å². The first-order valence-corrected chi connectivity index (χ1v) is 4.75. The van der Waals surface area contributed by atoms with Gasteiger partial charge in [0.05, 0.1) is 14.2 Å². The quantitative estimate of drug-likeness (QED) is 0.704. The maximum atomic E-state index is 11.3. The molecule has 1 rings (SSSR count). The Bertz CT molecular complexity index is 336. The molecule has 0 fully saturated rings. The molecular weight excluding hydrogens is 210 g/mol. The largest absolute Gasteiger partial charge is 0.497 e. The molecule has 16 heavy (non-hydrogen) atoms. The number of likely N-dealkylation sites (N-methyl/N-ethyl adjacent to an activating group) is 1. The molecule has 0 atom stereocenters. The van der Waals surface area contributed by atoms with Gasteiger partial charge >= 0.3 is 0 Å². The Morgan fingerprint density at radius 2 is 1.75 bits per heavy atom. The standard InChI is InChI=1S/C11H15NO4/c1-12(15-3)11(13)8-16-10-6-4-9(14-2)5-7-10/h4-7H,8H2,1-3H3. The summed E-state index contributed by atoms with van der Waals surface area (Å²) in [7, 11) is 4.54. The molecule has 0 aliphatic carbocycles. The molecular formula is C11H15NO4. The number of hydrogen-bond acceptors (Lipinski definition) is 4. The first-order chi connectivity index (χ1) is 7.67. The van der Waals surface area contributed by atoms with Crippen LogP contribution in [0.3, 0.4) is 0 Å². The minimum Gasteiger partial charge on any atom is -0.497 e. The van der Waals surface area contributed by atoms with Gasteiger partial charge in [-0.3, -0.25) is 9.63 Å². The number of benzene rings is 1. The normalized spacial score (nSPS) is 9.69. The number of nitrogens with zero attached hydrogens (tertiary/aromatic N) is 1. The lowest BCUT2D eigenvalue weighted by Crippen LogP contribution is -2.30. The van der Waals surface area contributed by atoms with Crippen LogP contribution in [0.4, 0.5) is 0 Å². The molecule has 0 heterocycles. The van der Waals surface area contributed by atoms with Crippen LogP contribution in [0.15, 0.2) is 24.3 Å². The second kappa shape index (κ2) is 5.97. The molecule has 0 aromatic heterocycles. The summed E-state index contributed by atoms with van der Waals surface area (Å²) in [4.78, 5) is 16.0. The third kappa shape index (κ3) is 3.43. The fraction of sp³-hybridized carbons (Fsp3) is 0.364. The predicted molar refractivity (Wildman–Crippen MR) is 58.3 cm³/mol. The first kappa shape index (κ1) is 12.3. The van der Waals surface area contributed by atoms with Crippen LogP contribution in [0.2, 0.25) is 0 Å². The van der Waals surface area contributed by atoms with Crippen molar-refractivity contribution in [1.29, 1.82) is 0 Å². The van der Waals surface area contributed by atoms with Gasteiger partial charge in [-0.1, -0.05) is 0 Å². The summed E-state index contributed by atoms with van der Waals surface area (Å²) in [6.07, 6.45) is 0. The van der Waals surface area contributed by atoms with Gasteiger partial charge in [0.1, 0.15) is 11.5 Å². The summed E-state index contributed by atoms with van der Waals surface area (Å²) < 4.78 is 10.3. The number of methoxy groups -OCH3 is 1. The van der Waals surface area contributed by atoms with Gasteiger partial charge in [-0.05, 0) is 24.3 Å². The number of hydroxylamine groups is 2. The van der Waals surface area contributed by atoms with E-state index < -0.39 is 0 Å². The molecule has 0 saturated heterocycles. The predicted octanol–water partition coefficient (Wildman–Crippen LogP) is 1.09. The van der Waals surface area contributed by atoms with Gasteiger partial charge in [0.2, 0.25) is 0 Å². The lowest BCUT2D eigenvalue weighted by molar-refractivity contribution is -0.170. The van der Waals surface area contributed by atoms with Crippen molar-refractivity contribution in [3.05, 3.63) is 24.3 Å². The molecule has 0 spiro atoms. The highest BCUT2D eigenvalue weighted by atomic mass is 16.7. The highest BCUT2D eigenvalue weighted by Crippen LogP contribution is 2.16. The average Bonchev–Trinajstić information content (AvgIpc) is 2.35. The van der Waals surface area contributed by atoms with Crippen LogP contribution in [-0.4, -0.2) is 38.8 Å². The summed E-state index contributed by atoms with van der Waals surface area (Å²) in [6.45, 7) is -0.0589. The number of carbonyl (C=O) groups is 1. The van der Waals surface area contributed by atoms with Crippen LogP contribution in [0.5, 0.6) is 11.5 Å². The minimum absolute atomic E-state index is 0.0589. The number of amides is 1. The number of hydrogen-bond donors (Lipinski definition) is 0. The molecule has 1 aromatic rings. The van der Waals surface area contributed by atoms with Crippen molar-refractivity contribution in [1.82, 2.24) is 5.06 Å². The van der Waals surface area contributed by atoms with E-state index in [9.17, 15) is 4.79 Å². The van der Waals surface area contributed by atoms with Crippen LogP contribution in [0, 0.1) is 0 Å². The first-order valence-electron chi connectivity index (χ1n) is 4.75. The van der Waals surface area contributed by atoms with Crippen molar-refractivity contribution in [2.24, 2.45) is 0 Å². The molecule has 5 nitrogen and oxygen atoms in total. The Kier molecular flexibility index (Phi) is 4.60. The van der Waals surface area contributed by atoms with Crippen molar-refractivity contribution in [2.75, 3.05) is 27.9 Å². The lowest BCUT2D eigenvalue weighted by atomic mass is 10.3. The average molecular weight is 225 g/mol. The molecule has 5 heteroatoms. The van der Waals surface area contributed by atoms with Gasteiger partial charge in [0.25, 0.3) is 5.91 Å². The summed E-state index contributed by atoms with van der Waals surface area (Å²) in [5.74, 6) is 1.10. The van der Waals surface area contributed by atoms with E-state index in [1.54, 1.807) is 31.4 Å². The van der Waals surface area contributed by atoms with Crippen LogP contribution < -0.4 is 9.47 Å². The smallest absolute Gasteiger partial charge is 0.283 e. The molecule has 0 N–H and O–H groups in total.